The number of para-hydroxylation sites is 1. The highest BCUT2D eigenvalue weighted by molar-refractivity contribution is 6.13. The molecule has 0 unspecified atom stereocenters. The van der Waals surface area contributed by atoms with Gasteiger partial charge in [-0.2, -0.15) is 10.2 Å². The Balaban J connectivity index is 0.970. The van der Waals surface area contributed by atoms with Gasteiger partial charge < -0.3 is 20.2 Å². The van der Waals surface area contributed by atoms with Crippen LogP contribution in [-0.2, 0) is 33.6 Å². The summed E-state index contributed by atoms with van der Waals surface area (Å²) < 4.78 is 9.39. The molecule has 8 rings (SSSR count). The maximum Gasteiger partial charge on any atom is 0.335 e. The van der Waals surface area contributed by atoms with Gasteiger partial charge in [0.1, 0.15) is 5.58 Å². The van der Waals surface area contributed by atoms with Crippen molar-refractivity contribution in [3.63, 3.8) is 0 Å². The van der Waals surface area contributed by atoms with Gasteiger partial charge in [0, 0.05) is 56.3 Å². The number of carboxylic acids is 1. The molecule has 0 saturated heterocycles. The van der Waals surface area contributed by atoms with E-state index in [4.69, 9.17) is 4.42 Å². The Morgan fingerprint density at radius 3 is 2.00 bits per heavy atom. The second-order valence-electron chi connectivity index (χ2n) is 13.9. The maximum absolute atomic E-state index is 13.6. The van der Waals surface area contributed by atoms with E-state index in [0.717, 1.165) is 59.5 Å². The van der Waals surface area contributed by atoms with Crippen LogP contribution in [0.15, 0.2) is 131 Å². The van der Waals surface area contributed by atoms with Crippen molar-refractivity contribution in [2.24, 2.45) is 14.1 Å². The third kappa shape index (κ3) is 7.90. The molecule has 0 aliphatic rings. The number of carboxylic acid groups (broad SMARTS) is 1. The number of rotatable bonds is 12. The number of nitrogens with zero attached hydrogens (tertiary/aromatic N) is 5. The van der Waals surface area contributed by atoms with Gasteiger partial charge in [0.25, 0.3) is 11.8 Å². The molecule has 284 valence electrons. The molecule has 0 atom stereocenters. The number of carbonyl (C=O) groups is 3. The van der Waals surface area contributed by atoms with Gasteiger partial charge in [-0.3, -0.25) is 28.6 Å². The van der Waals surface area contributed by atoms with E-state index in [2.05, 4.69) is 62.1 Å². The molecule has 3 heterocycles. The Labute approximate surface area is 325 Å². The van der Waals surface area contributed by atoms with E-state index in [1.807, 2.05) is 48.0 Å². The lowest BCUT2D eigenvalue weighted by Crippen LogP contribution is -2.25. The molecule has 13 nitrogen and oxygen atoms in total. The lowest BCUT2D eigenvalue weighted by Gasteiger charge is -2.23. The molecule has 0 fully saturated rings. The average Bonchev–Trinajstić information content (AvgIpc) is 3.77. The van der Waals surface area contributed by atoms with Crippen molar-refractivity contribution in [3.8, 4) is 0 Å². The van der Waals surface area contributed by atoms with Gasteiger partial charge in [0.15, 0.2) is 11.2 Å². The number of aromatic nitrogens is 4. The number of aryl methyl sites for hydroxylation is 2. The monoisotopic (exact) mass is 759 g/mol. The molecule has 0 spiro atoms. The Kier molecular flexibility index (Phi) is 9.88. The summed E-state index contributed by atoms with van der Waals surface area (Å²) in [4.78, 5) is 53.6. The van der Waals surface area contributed by atoms with Gasteiger partial charge in [0.05, 0.1) is 45.6 Å². The zero-order valence-corrected chi connectivity index (χ0v) is 31.1. The van der Waals surface area contributed by atoms with Gasteiger partial charge in [-0.05, 0) is 89.8 Å². The minimum Gasteiger partial charge on any atom is -0.478 e. The van der Waals surface area contributed by atoms with Gasteiger partial charge in [-0.15, -0.1) is 0 Å². The number of carbonyl (C=O) groups excluding carboxylic acids is 2. The van der Waals surface area contributed by atoms with Crippen molar-refractivity contribution in [1.29, 1.82) is 0 Å². The first-order chi connectivity index (χ1) is 27.6. The number of hydrogen-bond acceptors (Lipinski definition) is 8. The number of fused-ring (bicyclic) bond motifs is 3. The summed E-state index contributed by atoms with van der Waals surface area (Å²) in [6.45, 7) is 2.23. The largest absolute Gasteiger partial charge is 0.478 e. The third-order valence-electron chi connectivity index (χ3n) is 9.98. The fraction of sp³-hybridized carbons (Fsp3) is 0.136. The topological polar surface area (TPSA) is 165 Å². The smallest absolute Gasteiger partial charge is 0.335 e. The van der Waals surface area contributed by atoms with Crippen LogP contribution in [0.25, 0.3) is 32.8 Å². The highest BCUT2D eigenvalue weighted by Gasteiger charge is 2.20. The van der Waals surface area contributed by atoms with Crippen LogP contribution in [0.1, 0.15) is 48.0 Å². The standard InChI is InChI=1S/C44H37N7O6/c1-49-37-15-9-28(19-31(37)23-45-49)25-51(26-29-10-16-38-32(20-29)24-46-50(38)2)18-17-27-7-12-33(13-8-27)47-42(53)34-14-11-30(44(55)56)21-36(34)48-43(54)41-22-39(52)35-5-3-4-6-40(35)57-41/h3-16,19-24H,17-18,25-26H2,1-2H3,(H,47,53)(H,48,54)(H,55,56). The first kappa shape index (κ1) is 36.6. The number of aromatic carboxylic acids is 1. The Morgan fingerprint density at radius 2 is 1.35 bits per heavy atom. The molecule has 0 aliphatic heterocycles. The normalized spacial score (nSPS) is 11.4. The molecule has 0 bridgehead atoms. The number of nitrogens with one attached hydrogen (secondary N) is 2. The molecule has 0 saturated carbocycles. The molecule has 0 radical (unpaired) electrons. The highest BCUT2D eigenvalue weighted by Crippen LogP contribution is 2.24. The fourth-order valence-electron chi connectivity index (χ4n) is 6.97. The molecule has 57 heavy (non-hydrogen) atoms. The molecule has 3 aromatic heterocycles. The van der Waals surface area contributed by atoms with E-state index in [1.165, 1.54) is 29.3 Å². The molecule has 5 aromatic carbocycles. The molecular weight excluding hydrogens is 723 g/mol. The van der Waals surface area contributed by atoms with Crippen molar-refractivity contribution in [2.45, 2.75) is 19.5 Å². The number of benzene rings is 5. The van der Waals surface area contributed by atoms with Crippen molar-refractivity contribution in [3.05, 3.63) is 165 Å². The van der Waals surface area contributed by atoms with Crippen molar-refractivity contribution in [1.82, 2.24) is 24.5 Å². The van der Waals surface area contributed by atoms with Crippen LogP contribution in [0.5, 0.6) is 0 Å². The summed E-state index contributed by atoms with van der Waals surface area (Å²) in [7, 11) is 3.87. The predicted octanol–water partition coefficient (Wildman–Crippen LogP) is 7.01. The second kappa shape index (κ2) is 15.4. The van der Waals surface area contributed by atoms with E-state index in [9.17, 15) is 24.3 Å². The van der Waals surface area contributed by atoms with Crippen molar-refractivity contribution >= 4 is 61.9 Å². The zero-order valence-electron chi connectivity index (χ0n) is 31.1. The molecule has 0 aliphatic carbocycles. The quantitative estimate of drug-likeness (QED) is 0.119. The van der Waals surface area contributed by atoms with Crippen LogP contribution >= 0.6 is 0 Å². The van der Waals surface area contributed by atoms with Gasteiger partial charge in [-0.1, -0.05) is 36.4 Å². The lowest BCUT2D eigenvalue weighted by molar-refractivity contribution is 0.0696. The molecule has 2 amide bonds. The zero-order chi connectivity index (χ0) is 39.6. The Morgan fingerprint density at radius 1 is 0.719 bits per heavy atom. The summed E-state index contributed by atoms with van der Waals surface area (Å²) in [5.74, 6) is -2.92. The minimum absolute atomic E-state index is 0.0187. The van der Waals surface area contributed by atoms with Crippen LogP contribution < -0.4 is 16.1 Å². The number of anilines is 2. The minimum atomic E-state index is -1.24. The van der Waals surface area contributed by atoms with E-state index < -0.39 is 23.2 Å². The first-order valence-corrected chi connectivity index (χ1v) is 18.2. The van der Waals surface area contributed by atoms with Gasteiger partial charge >= 0.3 is 5.97 Å². The first-order valence-electron chi connectivity index (χ1n) is 18.2. The molecule has 8 aromatic rings. The van der Waals surface area contributed by atoms with E-state index in [1.54, 1.807) is 36.4 Å². The maximum atomic E-state index is 13.6. The van der Waals surface area contributed by atoms with Crippen LogP contribution in [0.3, 0.4) is 0 Å². The Hall–Kier alpha value is -7.38. The fourth-order valence-corrected chi connectivity index (χ4v) is 6.97. The molecular formula is C44H37N7O6. The van der Waals surface area contributed by atoms with Crippen LogP contribution in [0.2, 0.25) is 0 Å². The van der Waals surface area contributed by atoms with Crippen molar-refractivity contribution < 1.29 is 23.9 Å². The predicted molar refractivity (Wildman–Crippen MR) is 217 cm³/mol. The summed E-state index contributed by atoms with van der Waals surface area (Å²) in [6.07, 6.45) is 4.51. The van der Waals surface area contributed by atoms with Crippen LogP contribution in [0, 0.1) is 0 Å². The third-order valence-corrected chi connectivity index (χ3v) is 9.98. The van der Waals surface area contributed by atoms with Crippen molar-refractivity contribution in [2.75, 3.05) is 17.2 Å². The van der Waals surface area contributed by atoms with E-state index in [-0.39, 0.29) is 28.2 Å². The SMILES string of the molecule is Cn1ncc2cc(CN(CCc3ccc(NC(=O)c4ccc(C(=O)O)cc4NC(=O)c4cc(=O)c5ccccc5o4)cc3)Cc3ccc4c(cnn4C)c3)ccc21. The van der Waals surface area contributed by atoms with Gasteiger partial charge in [-0.25, -0.2) is 4.79 Å². The summed E-state index contributed by atoms with van der Waals surface area (Å²) in [6, 6.07) is 31.7. The van der Waals surface area contributed by atoms with Crippen LogP contribution in [0.4, 0.5) is 11.4 Å². The summed E-state index contributed by atoms with van der Waals surface area (Å²) in [5, 5.41) is 26.3. The lowest BCUT2D eigenvalue weighted by atomic mass is 10.1. The number of amides is 2. The summed E-state index contributed by atoms with van der Waals surface area (Å²) >= 11 is 0. The Bertz CT molecular complexity index is 2810. The number of hydrogen-bond donors (Lipinski definition) is 3. The van der Waals surface area contributed by atoms with E-state index in [0.29, 0.717) is 11.1 Å². The molecule has 13 heteroatoms. The second-order valence-corrected chi connectivity index (χ2v) is 13.9. The molecule has 3 N–H and O–H groups in total. The average molecular weight is 760 g/mol. The highest BCUT2D eigenvalue weighted by atomic mass is 16.4. The van der Waals surface area contributed by atoms with Crippen LogP contribution in [-0.4, -0.2) is 53.9 Å². The van der Waals surface area contributed by atoms with Gasteiger partial charge in [0.2, 0.25) is 0 Å². The summed E-state index contributed by atoms with van der Waals surface area (Å²) in [5.41, 5.74) is 5.72. The van der Waals surface area contributed by atoms with E-state index >= 15 is 0 Å².